The number of ether oxygens (including phenoxy) is 14. The van der Waals surface area contributed by atoms with Crippen molar-refractivity contribution in [2.45, 2.75) is 213 Å². The fraction of sp³-hybridized carbons (Fsp3) is 0.345. The van der Waals surface area contributed by atoms with Gasteiger partial charge in [-0.3, -0.25) is 9.80 Å². The summed E-state index contributed by atoms with van der Waals surface area (Å²) in [5, 5.41) is 40.1. The third kappa shape index (κ3) is 22.3. The van der Waals surface area contributed by atoms with Crippen LogP contribution in [0.5, 0.6) is 0 Å². The van der Waals surface area contributed by atoms with Gasteiger partial charge in [0.2, 0.25) is 0 Å². The number of nitrogens with zero attached hydrogens (tertiary/aromatic N) is 2. The van der Waals surface area contributed by atoms with Crippen LogP contribution in [-0.2, 0) is 104 Å². The van der Waals surface area contributed by atoms with Gasteiger partial charge in [0, 0.05) is 17.0 Å². The maximum atomic E-state index is 15.2. The molecular formula is C110H118N6O24Si2. The molecule has 1 saturated carbocycles. The maximum absolute atomic E-state index is 15.2. The fourth-order valence-electron chi connectivity index (χ4n) is 20.6. The molecule has 2 unspecified atom stereocenters. The number of aliphatic hydroxyl groups is 2. The summed E-state index contributed by atoms with van der Waals surface area (Å²) < 4.78 is 105. The molecule has 18 rings (SSSR count). The van der Waals surface area contributed by atoms with E-state index in [9.17, 15) is 24.6 Å². The van der Waals surface area contributed by atoms with E-state index in [0.717, 1.165) is 10.4 Å². The number of rotatable bonds is 31. The number of fused-ring (bicyclic) bond motifs is 3. The Bertz CT molecular complexity index is 5900. The molecule has 30 nitrogen and oxygen atoms in total. The summed E-state index contributed by atoms with van der Waals surface area (Å²) >= 11 is 0. The highest BCUT2D eigenvalue weighted by molar-refractivity contribution is 6.99. The van der Waals surface area contributed by atoms with Crippen LogP contribution < -0.4 is 42.0 Å². The van der Waals surface area contributed by atoms with Crippen LogP contribution in [-0.4, -0.2) is 208 Å². The van der Waals surface area contributed by atoms with Crippen LogP contribution in [0.25, 0.3) is 0 Å². The Hall–Kier alpha value is -13.0. The zero-order chi connectivity index (χ0) is 98.5. The van der Waals surface area contributed by atoms with Crippen LogP contribution >= 0.6 is 0 Å². The Morgan fingerprint density at radius 3 is 1.12 bits per heavy atom. The van der Waals surface area contributed by atoms with Gasteiger partial charge in [0.05, 0.1) is 37.9 Å². The van der Waals surface area contributed by atoms with Gasteiger partial charge in [-0.05, 0) is 71.5 Å². The largest absolute Gasteiger partial charge is 0.445 e. The summed E-state index contributed by atoms with van der Waals surface area (Å²) in [7, 11) is -8.02. The highest BCUT2D eigenvalue weighted by atomic mass is 28.4. The smallest absolute Gasteiger partial charge is 0.412 e. The van der Waals surface area contributed by atoms with Gasteiger partial charge in [-0.15, -0.1) is 0 Å². The number of nitrogens with one attached hydrogen (secondary N) is 4. The lowest BCUT2D eigenvalue weighted by atomic mass is 9.83. The van der Waals surface area contributed by atoms with Crippen molar-refractivity contribution in [3.05, 3.63) is 373 Å². The average molecular weight is 1960 g/mol. The Balaban J connectivity index is 0.796. The first-order chi connectivity index (χ1) is 68.9. The quantitative estimate of drug-likeness (QED) is 0.0157. The van der Waals surface area contributed by atoms with E-state index in [2.05, 4.69) is 42.0 Å². The van der Waals surface area contributed by atoms with Crippen LogP contribution in [0, 0.1) is 5.92 Å². The van der Waals surface area contributed by atoms with Gasteiger partial charge < -0.3 is 107 Å². The molecule has 0 spiro atoms. The van der Waals surface area contributed by atoms with Crippen molar-refractivity contribution >= 4 is 73.9 Å². The van der Waals surface area contributed by atoms with Gasteiger partial charge in [-0.1, -0.05) is 368 Å². The maximum Gasteiger partial charge on any atom is 0.412 e. The number of aliphatic hydroxyl groups excluding tert-OH is 2. The van der Waals surface area contributed by atoms with Crippen molar-refractivity contribution in [1.29, 1.82) is 0 Å². The summed E-state index contributed by atoms with van der Waals surface area (Å²) in [5.41, 5.74) is 4.32. The Morgan fingerprint density at radius 1 is 0.401 bits per heavy atom. The van der Waals surface area contributed by atoms with Crippen molar-refractivity contribution in [1.82, 2.24) is 31.1 Å². The standard InChI is InChI=1S/C110H118N6O24Si2/c1-109(2,3)142(80-57-35-15-36-58-80,81-59-37-16-38-60-81)131-70-87-92(137-101-88(113-104(120)127-66-72-41-19-7-20-42-72)90(117)95-85(132-101)63-115(98(135-95)76-49-27-11-28-50-76)107(123)129-68-74-45-23-9-24-46-74)82(62-110(4,5)141(125,78-53-31-13-32-54-78)79-55-33-14-34-56-79)100(134-87)139-97-93(83(61-84-94(97)140-106(122)112-84)111-103(119)126-65-71-39-17-6-18-40-71)138-102-89(114-105(121)128-67-73-43-21-8-22-44-73)91(118)96-86(133-102)64-116(99(136-96)77-51-29-12-30-52-77)108(124)130-69-75-47-25-10-26-48-75/h6-60,82-102,117-118,125H,61-70H2,1-5H3,(H,111,119)(H,112,122)(H,113,120)(H,114,121)/t82-,83+,84-,85+,86-,87-,88-,89-,90-,91-,92+,93-,94+,95-,96-,97+,98?,99?,100+,101-,102-/m1/s1. The molecule has 11 aromatic rings. The molecule has 0 radical (unpaired) electrons. The van der Waals surface area contributed by atoms with E-state index in [4.69, 9.17) is 70.7 Å². The molecule has 6 heterocycles. The Kier molecular flexibility index (Phi) is 31.2. The molecule has 6 amide bonds. The van der Waals surface area contributed by atoms with Crippen molar-refractivity contribution in [3.8, 4) is 0 Å². The second-order valence-corrected chi connectivity index (χ2v) is 46.6. The zero-order valence-electron chi connectivity index (χ0n) is 79.3. The van der Waals surface area contributed by atoms with E-state index in [1.807, 2.05) is 220 Å². The van der Waals surface area contributed by atoms with Crippen molar-refractivity contribution in [3.63, 3.8) is 0 Å². The second kappa shape index (κ2) is 44.7. The van der Waals surface area contributed by atoms with Crippen LogP contribution in [0.1, 0.15) is 98.9 Å². The lowest BCUT2D eigenvalue weighted by Crippen LogP contribution is -2.71. The third-order valence-electron chi connectivity index (χ3n) is 27.6. The highest BCUT2D eigenvalue weighted by Gasteiger charge is 2.64. The van der Waals surface area contributed by atoms with E-state index in [1.54, 1.807) is 127 Å². The van der Waals surface area contributed by atoms with Gasteiger partial charge in [-0.25, -0.2) is 28.8 Å². The molecule has 11 aromatic carbocycles. The molecule has 0 bridgehead atoms. The molecular weight excluding hydrogens is 1850 g/mol. The van der Waals surface area contributed by atoms with Crippen molar-refractivity contribution in [2.75, 3.05) is 19.7 Å². The topological polar surface area (TPSA) is 356 Å². The molecule has 32 heteroatoms. The molecule has 7 aliphatic rings. The number of benzene rings is 11. The van der Waals surface area contributed by atoms with E-state index >= 15 is 19.2 Å². The monoisotopic (exact) mass is 1960 g/mol. The predicted octanol–water partition coefficient (Wildman–Crippen LogP) is 13.4. The number of hydrogen-bond donors (Lipinski definition) is 7. The Morgan fingerprint density at radius 2 is 0.739 bits per heavy atom. The van der Waals surface area contributed by atoms with E-state index in [1.165, 1.54) is 9.80 Å². The minimum absolute atomic E-state index is 0.126. The summed E-state index contributed by atoms with van der Waals surface area (Å²) in [5.74, 6) is -1.27. The molecule has 21 atom stereocenters. The molecule has 7 fully saturated rings. The summed E-state index contributed by atoms with van der Waals surface area (Å²) in [6.45, 7) is 8.39. The van der Waals surface area contributed by atoms with Gasteiger partial charge in [-0.2, -0.15) is 0 Å². The van der Waals surface area contributed by atoms with Crippen molar-refractivity contribution in [2.24, 2.45) is 5.92 Å². The van der Waals surface area contributed by atoms with Crippen molar-refractivity contribution < 1.29 is 115 Å². The Labute approximate surface area is 826 Å². The molecule has 142 heavy (non-hydrogen) atoms. The van der Waals surface area contributed by atoms with Gasteiger partial charge in [0.25, 0.3) is 16.6 Å². The van der Waals surface area contributed by atoms with Crippen LogP contribution in [0.2, 0.25) is 10.1 Å². The third-order valence-corrected chi connectivity index (χ3v) is 37.1. The van der Waals surface area contributed by atoms with E-state index in [-0.39, 0.29) is 65.6 Å². The molecule has 7 N–H and O–H groups in total. The molecule has 740 valence electrons. The zero-order valence-corrected chi connectivity index (χ0v) is 81.3. The first kappa shape index (κ1) is 99.1. The normalized spacial score (nSPS) is 26.4. The number of carbonyl (C=O) groups is 6. The fourth-order valence-corrected chi connectivity index (χ4v) is 29.0. The number of alkyl carbamates (subject to hydrolysis) is 4. The first-order valence-corrected chi connectivity index (χ1v) is 51.9. The molecule has 1 aliphatic carbocycles. The van der Waals surface area contributed by atoms with Crippen LogP contribution in [0.4, 0.5) is 28.8 Å². The van der Waals surface area contributed by atoms with Gasteiger partial charge >= 0.3 is 36.6 Å². The minimum atomic E-state index is -4.29. The van der Waals surface area contributed by atoms with Crippen LogP contribution in [0.15, 0.2) is 334 Å². The molecule has 0 aromatic heterocycles. The highest BCUT2D eigenvalue weighted by Crippen LogP contribution is 2.51. The van der Waals surface area contributed by atoms with Gasteiger partial charge in [0.15, 0.2) is 37.4 Å². The average Bonchev–Trinajstić information content (AvgIpc) is 1.39. The summed E-state index contributed by atoms with van der Waals surface area (Å²) in [6, 6.07) is 95.9. The SMILES string of the molecule is CC(C)(C[C@H]1[C@H](O[C@@H]2[C@H]3OC(=O)N[C@@H]3C[C@H](NC(=O)OCc3ccccc3)[C@H]2O[C@H]2O[C@@H]3CN(C(=O)OCc4ccccc4)C(c4ccccc4)O[C@H]3[C@H](O)[C@H]2NC(=O)OCc2ccccc2)O[C@H](CO[Si](c2ccccc2)(c2ccccc2)C(C)(C)C)[C@H]1O[C@H]1O[C@H]2CN(C(=O)OCc3ccccc3)C(c3ccccc3)O[C@H]2[C@H](O)[C@H]1NC(=O)OCc1ccccc1)[Si](O)(c1ccccc1)c1ccccc1. The van der Waals surface area contributed by atoms with E-state index in [0.29, 0.717) is 49.3 Å². The lowest BCUT2D eigenvalue weighted by molar-refractivity contribution is -0.333. The summed E-state index contributed by atoms with van der Waals surface area (Å²) in [4.78, 5) is 108. The lowest BCUT2D eigenvalue weighted by Gasteiger charge is -2.52. The molecule has 6 aliphatic heterocycles. The number of hydrogen-bond acceptors (Lipinski definition) is 24. The number of amides is 6. The number of carbonyl (C=O) groups excluding carboxylic acids is 6. The minimum Gasteiger partial charge on any atom is -0.445 e. The van der Waals surface area contributed by atoms with Crippen LogP contribution in [0.3, 0.4) is 0 Å². The van der Waals surface area contributed by atoms with Gasteiger partial charge in [0.1, 0.15) is 100 Å². The molecule has 6 saturated heterocycles. The second-order valence-electron chi connectivity index (χ2n) is 38.3. The van der Waals surface area contributed by atoms with E-state index < -0.39 is 192 Å². The predicted molar refractivity (Wildman–Crippen MR) is 526 cm³/mol. The first-order valence-electron chi connectivity index (χ1n) is 48.0. The summed E-state index contributed by atoms with van der Waals surface area (Å²) in [6.07, 6.45) is -30.2.